The molecule has 0 atom stereocenters. The van der Waals surface area contributed by atoms with Crippen LogP contribution >= 0.6 is 0 Å². The van der Waals surface area contributed by atoms with Gasteiger partial charge in [-0.1, -0.05) is 30.3 Å². The molecule has 220 valence electrons. The Labute approximate surface area is 239 Å². The molecule has 0 fully saturated rings. The SMILES string of the molecule is O=C(Nc1cccc(S(=O)(=O)CCOS(=O)(=O)O)c1)c1ccc(N=Nc2cc(S(=O)(=O)O)c3ccccc3c2O)cc1. The zero-order valence-corrected chi connectivity index (χ0v) is 23.6. The lowest BCUT2D eigenvalue weighted by molar-refractivity contribution is 0.102. The van der Waals surface area contributed by atoms with Gasteiger partial charge in [0.25, 0.3) is 16.0 Å². The van der Waals surface area contributed by atoms with Gasteiger partial charge in [-0.3, -0.25) is 13.9 Å². The number of sulfone groups is 1. The standard InChI is InChI=1S/C25H21N3O11S3/c29-24-21-7-2-1-6-20(21)23(41(33,34)35)15-22(24)28-27-17-10-8-16(9-11-17)25(30)26-18-4-3-5-19(14-18)40(31,32)13-12-39-42(36,37)38/h1-11,14-15,29H,12-13H2,(H,26,30)(H,33,34,35)(H,36,37,38). The van der Waals surface area contributed by atoms with Gasteiger partial charge >= 0.3 is 10.4 Å². The van der Waals surface area contributed by atoms with Gasteiger partial charge in [-0.25, -0.2) is 12.6 Å². The fourth-order valence-electron chi connectivity index (χ4n) is 3.73. The maximum absolute atomic E-state index is 12.7. The molecular formula is C25H21N3O11S3. The van der Waals surface area contributed by atoms with Crippen molar-refractivity contribution in [2.45, 2.75) is 9.79 Å². The van der Waals surface area contributed by atoms with Crippen LogP contribution in [0, 0.1) is 0 Å². The van der Waals surface area contributed by atoms with Crippen LogP contribution in [0.15, 0.2) is 98.9 Å². The molecule has 0 heterocycles. The van der Waals surface area contributed by atoms with E-state index in [1.54, 1.807) is 12.1 Å². The molecule has 0 aromatic heterocycles. The van der Waals surface area contributed by atoms with Crippen molar-refractivity contribution in [3.8, 4) is 5.75 Å². The molecule has 0 aliphatic carbocycles. The predicted octanol–water partition coefficient (Wildman–Crippen LogP) is 4.05. The topological polar surface area (TPSA) is 226 Å². The highest BCUT2D eigenvalue weighted by Crippen LogP contribution is 2.39. The Morgan fingerprint density at radius 1 is 0.810 bits per heavy atom. The van der Waals surface area contributed by atoms with E-state index in [1.165, 1.54) is 60.7 Å². The molecule has 0 radical (unpaired) electrons. The number of hydrogen-bond acceptors (Lipinski definition) is 11. The Kier molecular flexibility index (Phi) is 8.71. The molecule has 42 heavy (non-hydrogen) atoms. The molecule has 0 saturated carbocycles. The molecule has 0 bridgehead atoms. The van der Waals surface area contributed by atoms with Crippen molar-refractivity contribution in [2.24, 2.45) is 10.2 Å². The Morgan fingerprint density at radius 3 is 2.12 bits per heavy atom. The summed E-state index contributed by atoms with van der Waals surface area (Å²) in [7, 11) is -13.4. The second kappa shape index (κ2) is 11.9. The van der Waals surface area contributed by atoms with E-state index in [4.69, 9.17) is 4.55 Å². The third kappa shape index (κ3) is 7.52. The molecular weight excluding hydrogens is 614 g/mol. The average Bonchev–Trinajstić information content (AvgIpc) is 2.92. The van der Waals surface area contributed by atoms with Gasteiger partial charge in [0, 0.05) is 22.0 Å². The van der Waals surface area contributed by atoms with E-state index in [1.807, 2.05) is 0 Å². The molecule has 17 heteroatoms. The lowest BCUT2D eigenvalue weighted by Crippen LogP contribution is -2.16. The summed E-state index contributed by atoms with van der Waals surface area (Å²) in [5.41, 5.74) is 0.295. The van der Waals surface area contributed by atoms with E-state index in [0.717, 1.165) is 6.07 Å². The molecule has 4 N–H and O–H groups in total. The number of aromatic hydroxyl groups is 1. The first-order chi connectivity index (χ1) is 19.6. The predicted molar refractivity (Wildman–Crippen MR) is 150 cm³/mol. The zero-order valence-electron chi connectivity index (χ0n) is 21.1. The van der Waals surface area contributed by atoms with Crippen LogP contribution in [0.3, 0.4) is 0 Å². The Morgan fingerprint density at radius 2 is 1.48 bits per heavy atom. The minimum atomic E-state index is -4.80. The van der Waals surface area contributed by atoms with Crippen LogP contribution in [-0.2, 0) is 34.5 Å². The number of fused-ring (bicyclic) bond motifs is 1. The number of anilines is 1. The number of phenols is 1. The summed E-state index contributed by atoms with van der Waals surface area (Å²) in [4.78, 5) is 12.0. The molecule has 4 rings (SSSR count). The van der Waals surface area contributed by atoms with Crippen LogP contribution in [0.1, 0.15) is 10.4 Å². The molecule has 1 amide bonds. The third-order valence-corrected chi connectivity index (χ3v) is 8.71. The maximum atomic E-state index is 12.7. The fourth-order valence-corrected chi connectivity index (χ4v) is 5.98. The lowest BCUT2D eigenvalue weighted by atomic mass is 10.1. The first kappa shape index (κ1) is 30.7. The summed E-state index contributed by atoms with van der Waals surface area (Å²) < 4.78 is 92.1. The van der Waals surface area contributed by atoms with Crippen molar-refractivity contribution >= 4 is 64.1 Å². The molecule has 14 nitrogen and oxygen atoms in total. The van der Waals surface area contributed by atoms with E-state index in [9.17, 15) is 39.7 Å². The van der Waals surface area contributed by atoms with Gasteiger partial charge in [0.05, 0.1) is 22.9 Å². The van der Waals surface area contributed by atoms with Crippen molar-refractivity contribution in [1.82, 2.24) is 0 Å². The number of nitrogens with one attached hydrogen (secondary N) is 1. The van der Waals surface area contributed by atoms with Crippen molar-refractivity contribution < 1.29 is 48.4 Å². The molecule has 4 aromatic carbocycles. The zero-order chi connectivity index (χ0) is 30.7. The van der Waals surface area contributed by atoms with Crippen molar-refractivity contribution in [3.05, 3.63) is 84.4 Å². The van der Waals surface area contributed by atoms with E-state index in [-0.39, 0.29) is 44.0 Å². The largest absolute Gasteiger partial charge is 0.505 e. The van der Waals surface area contributed by atoms with E-state index < -0.39 is 53.5 Å². The Balaban J connectivity index is 1.49. The Hall–Kier alpha value is -4.26. The van der Waals surface area contributed by atoms with E-state index in [2.05, 4.69) is 19.7 Å². The fraction of sp³-hybridized carbons (Fsp3) is 0.0800. The molecule has 0 aliphatic rings. The van der Waals surface area contributed by atoms with Gasteiger partial charge < -0.3 is 10.4 Å². The molecule has 0 spiro atoms. The van der Waals surface area contributed by atoms with Crippen molar-refractivity contribution in [3.63, 3.8) is 0 Å². The minimum absolute atomic E-state index is 0.0983. The number of hydrogen-bond donors (Lipinski definition) is 4. The van der Waals surface area contributed by atoms with Crippen LogP contribution in [0.5, 0.6) is 5.75 Å². The highest BCUT2D eigenvalue weighted by Gasteiger charge is 2.20. The molecule has 0 aliphatic heterocycles. The number of carbonyl (C=O) groups is 1. The summed E-state index contributed by atoms with van der Waals surface area (Å²) in [6, 6.07) is 17.8. The van der Waals surface area contributed by atoms with Crippen LogP contribution in [0.4, 0.5) is 17.1 Å². The third-order valence-electron chi connectivity index (χ3n) is 5.67. The van der Waals surface area contributed by atoms with Gasteiger partial charge in [0.1, 0.15) is 10.6 Å². The van der Waals surface area contributed by atoms with Crippen LogP contribution in [-0.4, -0.2) is 57.7 Å². The maximum Gasteiger partial charge on any atom is 0.397 e. The number of nitrogens with zero attached hydrogens (tertiary/aromatic N) is 2. The van der Waals surface area contributed by atoms with E-state index in [0.29, 0.717) is 0 Å². The first-order valence-electron chi connectivity index (χ1n) is 11.6. The smallest absolute Gasteiger partial charge is 0.397 e. The van der Waals surface area contributed by atoms with Gasteiger partial charge in [-0.05, 0) is 48.5 Å². The van der Waals surface area contributed by atoms with Gasteiger partial charge in [0.15, 0.2) is 15.6 Å². The van der Waals surface area contributed by atoms with Gasteiger partial charge in [-0.15, -0.1) is 5.11 Å². The van der Waals surface area contributed by atoms with Crippen LogP contribution < -0.4 is 5.32 Å². The van der Waals surface area contributed by atoms with Crippen molar-refractivity contribution in [1.29, 1.82) is 0 Å². The molecule has 0 saturated heterocycles. The summed E-state index contributed by atoms with van der Waals surface area (Å²) >= 11 is 0. The quantitative estimate of drug-likeness (QED) is 0.143. The number of amides is 1. The van der Waals surface area contributed by atoms with Gasteiger partial charge in [0.2, 0.25) is 0 Å². The highest BCUT2D eigenvalue weighted by atomic mass is 32.3. The van der Waals surface area contributed by atoms with Crippen LogP contribution in [0.25, 0.3) is 10.8 Å². The number of benzene rings is 4. The summed E-state index contributed by atoms with van der Waals surface area (Å²) in [5, 5.41) is 21.2. The number of azo groups is 1. The average molecular weight is 636 g/mol. The number of carbonyl (C=O) groups excluding carboxylic acids is 1. The summed E-state index contributed by atoms with van der Waals surface area (Å²) in [6.07, 6.45) is 0. The lowest BCUT2D eigenvalue weighted by Gasteiger charge is -2.09. The van der Waals surface area contributed by atoms with Crippen molar-refractivity contribution in [2.75, 3.05) is 17.7 Å². The minimum Gasteiger partial charge on any atom is -0.505 e. The number of phenolic OH excluding ortho intramolecular Hbond substituents is 1. The molecule has 0 unspecified atom stereocenters. The summed E-state index contributed by atoms with van der Waals surface area (Å²) in [6.45, 7) is -0.802. The van der Waals surface area contributed by atoms with E-state index >= 15 is 0 Å². The van der Waals surface area contributed by atoms with Gasteiger partial charge in [-0.2, -0.15) is 21.9 Å². The molecule has 4 aromatic rings. The second-order valence-corrected chi connectivity index (χ2v) is 13.2. The second-order valence-electron chi connectivity index (χ2n) is 8.56. The van der Waals surface area contributed by atoms with Crippen LogP contribution in [0.2, 0.25) is 0 Å². The first-order valence-corrected chi connectivity index (χ1v) is 16.1. The normalized spacial score (nSPS) is 12.5. The summed E-state index contributed by atoms with van der Waals surface area (Å²) in [5.74, 6) is -1.70. The highest BCUT2D eigenvalue weighted by molar-refractivity contribution is 7.91. The monoisotopic (exact) mass is 635 g/mol. The Bertz CT molecular complexity index is 2030. The number of rotatable bonds is 10.